The van der Waals surface area contributed by atoms with Crippen LogP contribution >= 0.6 is 0 Å². The summed E-state index contributed by atoms with van der Waals surface area (Å²) in [6, 6.07) is 22.9. The van der Waals surface area contributed by atoms with Crippen molar-refractivity contribution in [2.45, 2.75) is 13.0 Å². The summed E-state index contributed by atoms with van der Waals surface area (Å²) in [6.45, 7) is 5.72. The summed E-state index contributed by atoms with van der Waals surface area (Å²) in [4.78, 5) is 38.7. The summed E-state index contributed by atoms with van der Waals surface area (Å²) in [5.41, 5.74) is 4.04. The van der Waals surface area contributed by atoms with Gasteiger partial charge in [-0.3, -0.25) is 14.5 Å². The minimum atomic E-state index is -0.341. The van der Waals surface area contributed by atoms with Crippen molar-refractivity contribution in [2.75, 3.05) is 17.2 Å². The Kier molecular flexibility index (Phi) is 6.22. The number of urea groups is 1. The lowest BCUT2D eigenvalue weighted by atomic mass is 10.1. The van der Waals surface area contributed by atoms with Gasteiger partial charge in [0, 0.05) is 28.2 Å². The van der Waals surface area contributed by atoms with Crippen LogP contribution in [0.2, 0.25) is 0 Å². The number of anilines is 2. The third-order valence-electron chi connectivity index (χ3n) is 5.42. The molecule has 0 aliphatic carbocycles. The number of nitrogens with zero attached hydrogens (tertiary/aromatic N) is 1. The standard InChI is InChI=1S/C26H24N4O3/c1-17(27-24(31)16-30-18(2)22-10-6-7-11-23(22)25(30)32)19-12-14-21(15-13-19)29-26(33)28-20-8-4-3-5-9-20/h3-15,17H,2,16H2,1H3,(H,27,31)(H2,28,29,33). The van der Waals surface area contributed by atoms with E-state index in [4.69, 9.17) is 0 Å². The maximum Gasteiger partial charge on any atom is 0.323 e. The van der Waals surface area contributed by atoms with E-state index in [0.29, 0.717) is 22.6 Å². The van der Waals surface area contributed by atoms with Crippen LogP contribution in [0, 0.1) is 0 Å². The zero-order valence-corrected chi connectivity index (χ0v) is 18.2. The molecule has 7 nitrogen and oxygen atoms in total. The van der Waals surface area contributed by atoms with E-state index >= 15 is 0 Å². The van der Waals surface area contributed by atoms with Crippen LogP contribution in [0.3, 0.4) is 0 Å². The van der Waals surface area contributed by atoms with Gasteiger partial charge < -0.3 is 16.0 Å². The first-order chi connectivity index (χ1) is 15.9. The lowest BCUT2D eigenvalue weighted by molar-refractivity contribution is -0.121. The number of hydrogen-bond acceptors (Lipinski definition) is 3. The van der Waals surface area contributed by atoms with Crippen LogP contribution in [0.1, 0.15) is 34.5 Å². The Balaban J connectivity index is 1.31. The van der Waals surface area contributed by atoms with Gasteiger partial charge in [0.1, 0.15) is 6.54 Å². The molecule has 0 fully saturated rings. The predicted molar refractivity (Wildman–Crippen MR) is 129 cm³/mol. The lowest BCUT2D eigenvalue weighted by Crippen LogP contribution is -2.37. The highest BCUT2D eigenvalue weighted by molar-refractivity contribution is 6.10. The molecule has 4 rings (SSSR count). The first-order valence-corrected chi connectivity index (χ1v) is 10.5. The summed E-state index contributed by atoms with van der Waals surface area (Å²) < 4.78 is 0. The minimum Gasteiger partial charge on any atom is -0.348 e. The monoisotopic (exact) mass is 440 g/mol. The summed E-state index contributed by atoms with van der Waals surface area (Å²) in [5.74, 6) is -0.503. The number of nitrogens with one attached hydrogen (secondary N) is 3. The van der Waals surface area contributed by atoms with E-state index in [1.54, 1.807) is 36.4 Å². The van der Waals surface area contributed by atoms with Crippen LogP contribution in [0.15, 0.2) is 85.4 Å². The van der Waals surface area contributed by atoms with Crippen molar-refractivity contribution in [2.24, 2.45) is 0 Å². The van der Waals surface area contributed by atoms with Gasteiger partial charge in [0.05, 0.1) is 6.04 Å². The molecule has 0 radical (unpaired) electrons. The molecule has 3 aromatic carbocycles. The Labute approximate surface area is 192 Å². The van der Waals surface area contributed by atoms with Gasteiger partial charge in [-0.15, -0.1) is 0 Å². The molecule has 1 heterocycles. The molecule has 0 bridgehead atoms. The molecule has 3 N–H and O–H groups in total. The van der Waals surface area contributed by atoms with E-state index in [9.17, 15) is 14.4 Å². The van der Waals surface area contributed by atoms with E-state index in [1.807, 2.05) is 49.4 Å². The molecule has 0 spiro atoms. The first kappa shape index (κ1) is 21.8. The topological polar surface area (TPSA) is 90.5 Å². The molecule has 0 saturated carbocycles. The average molecular weight is 441 g/mol. The fourth-order valence-electron chi connectivity index (χ4n) is 3.69. The van der Waals surface area contributed by atoms with Crippen molar-refractivity contribution in [1.29, 1.82) is 0 Å². The molecule has 1 aliphatic rings. The molecule has 0 aromatic heterocycles. The zero-order chi connectivity index (χ0) is 23.4. The van der Waals surface area contributed by atoms with Gasteiger partial charge in [-0.05, 0) is 42.8 Å². The van der Waals surface area contributed by atoms with Gasteiger partial charge in [-0.1, -0.05) is 55.1 Å². The zero-order valence-electron chi connectivity index (χ0n) is 18.2. The highest BCUT2D eigenvalue weighted by atomic mass is 16.2. The van der Waals surface area contributed by atoms with Crippen molar-refractivity contribution < 1.29 is 14.4 Å². The molecule has 3 aromatic rings. The highest BCUT2D eigenvalue weighted by Gasteiger charge is 2.32. The second kappa shape index (κ2) is 9.40. The van der Waals surface area contributed by atoms with Crippen LogP contribution in [0.5, 0.6) is 0 Å². The van der Waals surface area contributed by atoms with Crippen LogP contribution in [0.25, 0.3) is 5.70 Å². The lowest BCUT2D eigenvalue weighted by Gasteiger charge is -2.20. The van der Waals surface area contributed by atoms with Crippen LogP contribution < -0.4 is 16.0 Å². The van der Waals surface area contributed by atoms with E-state index < -0.39 is 0 Å². The summed E-state index contributed by atoms with van der Waals surface area (Å²) in [6.07, 6.45) is 0. The summed E-state index contributed by atoms with van der Waals surface area (Å²) in [7, 11) is 0. The number of carbonyl (C=O) groups excluding carboxylic acids is 3. The quantitative estimate of drug-likeness (QED) is 0.522. The molecule has 1 atom stereocenters. The second-order valence-electron chi connectivity index (χ2n) is 7.74. The van der Waals surface area contributed by atoms with E-state index in [2.05, 4.69) is 22.5 Å². The Hall–Kier alpha value is -4.39. The fourth-order valence-corrected chi connectivity index (χ4v) is 3.69. The largest absolute Gasteiger partial charge is 0.348 e. The molecule has 0 saturated heterocycles. The Bertz CT molecular complexity index is 1170. The molecule has 1 unspecified atom stereocenters. The number of amides is 4. The van der Waals surface area contributed by atoms with Gasteiger partial charge in [-0.25, -0.2) is 4.79 Å². The SMILES string of the molecule is C=C1c2ccccc2C(=O)N1CC(=O)NC(C)c1ccc(NC(=O)Nc2ccccc2)cc1. The summed E-state index contributed by atoms with van der Waals surface area (Å²) in [5, 5.41) is 8.44. The first-order valence-electron chi connectivity index (χ1n) is 10.5. The van der Waals surface area contributed by atoms with E-state index in [1.165, 1.54) is 4.90 Å². The van der Waals surface area contributed by atoms with Crippen LogP contribution in [0.4, 0.5) is 16.2 Å². The number of carbonyl (C=O) groups is 3. The van der Waals surface area contributed by atoms with Crippen molar-refractivity contribution in [3.05, 3.63) is 102 Å². The Morgan fingerprint density at radius 3 is 2.06 bits per heavy atom. The average Bonchev–Trinajstić information content (AvgIpc) is 3.05. The third kappa shape index (κ3) is 4.93. The Morgan fingerprint density at radius 2 is 1.42 bits per heavy atom. The van der Waals surface area contributed by atoms with Gasteiger partial charge in [0.15, 0.2) is 0 Å². The number of benzene rings is 3. The second-order valence-corrected chi connectivity index (χ2v) is 7.74. The molecule has 4 amide bonds. The van der Waals surface area contributed by atoms with Gasteiger partial charge in [0.2, 0.25) is 5.91 Å². The van der Waals surface area contributed by atoms with Crippen molar-refractivity contribution >= 4 is 34.9 Å². The third-order valence-corrected chi connectivity index (χ3v) is 5.42. The molecular formula is C26H24N4O3. The number of fused-ring (bicyclic) bond motifs is 1. The molecule has 166 valence electrons. The number of para-hydroxylation sites is 1. The molecule has 33 heavy (non-hydrogen) atoms. The van der Waals surface area contributed by atoms with E-state index in [0.717, 1.165) is 11.1 Å². The molecule has 1 aliphatic heterocycles. The highest BCUT2D eigenvalue weighted by Crippen LogP contribution is 2.30. The minimum absolute atomic E-state index is 0.101. The van der Waals surface area contributed by atoms with Crippen LogP contribution in [-0.2, 0) is 4.79 Å². The van der Waals surface area contributed by atoms with Crippen LogP contribution in [-0.4, -0.2) is 29.3 Å². The van der Waals surface area contributed by atoms with E-state index in [-0.39, 0.29) is 30.4 Å². The normalized spacial score (nSPS) is 13.3. The van der Waals surface area contributed by atoms with Crippen molar-refractivity contribution in [3.8, 4) is 0 Å². The summed E-state index contributed by atoms with van der Waals surface area (Å²) >= 11 is 0. The Morgan fingerprint density at radius 1 is 0.848 bits per heavy atom. The van der Waals surface area contributed by atoms with Gasteiger partial charge >= 0.3 is 6.03 Å². The fraction of sp³-hybridized carbons (Fsp3) is 0.115. The maximum atomic E-state index is 12.6. The molecular weight excluding hydrogens is 416 g/mol. The smallest absolute Gasteiger partial charge is 0.323 e. The van der Waals surface area contributed by atoms with Crippen molar-refractivity contribution in [3.63, 3.8) is 0 Å². The number of rotatable bonds is 6. The maximum absolute atomic E-state index is 12.6. The molecule has 7 heteroatoms. The predicted octanol–water partition coefficient (Wildman–Crippen LogP) is 4.63. The van der Waals surface area contributed by atoms with Gasteiger partial charge in [-0.2, -0.15) is 0 Å². The number of hydrogen-bond donors (Lipinski definition) is 3. The van der Waals surface area contributed by atoms with Crippen molar-refractivity contribution in [1.82, 2.24) is 10.2 Å². The van der Waals surface area contributed by atoms with Gasteiger partial charge in [0.25, 0.3) is 5.91 Å².